The molecule has 0 aromatic heterocycles. The molecule has 3 rings (SSSR count). The molecule has 3 amide bonds. The van der Waals surface area contributed by atoms with Gasteiger partial charge in [-0.3, -0.25) is 14.4 Å². The second-order valence-electron chi connectivity index (χ2n) is 6.51. The van der Waals surface area contributed by atoms with Crippen LogP contribution in [0.4, 0.5) is 21.5 Å². The monoisotopic (exact) mass is 369 g/mol. The molecule has 0 aliphatic carbocycles. The maximum atomic E-state index is 13.9. The van der Waals surface area contributed by atoms with Crippen LogP contribution < -0.4 is 16.0 Å². The Bertz CT molecular complexity index is 898. The van der Waals surface area contributed by atoms with Gasteiger partial charge in [0.15, 0.2) is 0 Å². The van der Waals surface area contributed by atoms with Crippen molar-refractivity contribution in [2.45, 2.75) is 26.2 Å². The number of para-hydroxylation sites is 1. The van der Waals surface area contributed by atoms with Gasteiger partial charge in [0.05, 0.1) is 5.69 Å². The van der Waals surface area contributed by atoms with Crippen LogP contribution in [0, 0.1) is 11.7 Å². The molecule has 0 saturated heterocycles. The number of benzene rings is 2. The number of nitrogens with one attached hydrogen (secondary N) is 3. The highest BCUT2D eigenvalue weighted by Crippen LogP contribution is 2.28. The third-order valence-corrected chi connectivity index (χ3v) is 4.39. The van der Waals surface area contributed by atoms with Crippen molar-refractivity contribution in [1.82, 2.24) is 0 Å². The van der Waals surface area contributed by atoms with E-state index in [4.69, 9.17) is 0 Å². The summed E-state index contributed by atoms with van der Waals surface area (Å²) in [6.07, 6.45) is 1.02. The van der Waals surface area contributed by atoms with E-state index in [1.165, 1.54) is 25.1 Å². The molecule has 1 aliphatic rings. The molecule has 7 heteroatoms. The number of carbonyl (C=O) groups is 3. The maximum absolute atomic E-state index is 13.9. The summed E-state index contributed by atoms with van der Waals surface area (Å²) in [4.78, 5) is 35.5. The van der Waals surface area contributed by atoms with Crippen molar-refractivity contribution in [2.24, 2.45) is 5.92 Å². The summed E-state index contributed by atoms with van der Waals surface area (Å²) in [5.74, 6) is -1.69. The van der Waals surface area contributed by atoms with Crippen molar-refractivity contribution in [2.75, 3.05) is 16.0 Å². The summed E-state index contributed by atoms with van der Waals surface area (Å²) in [5, 5.41) is 7.88. The third-order valence-electron chi connectivity index (χ3n) is 4.39. The van der Waals surface area contributed by atoms with Gasteiger partial charge in [0.25, 0.3) is 0 Å². The number of hydrogen-bond donors (Lipinski definition) is 3. The summed E-state index contributed by atoms with van der Waals surface area (Å²) in [7, 11) is 0. The predicted octanol–water partition coefficient (Wildman–Crippen LogP) is 3.31. The molecule has 0 bridgehead atoms. The van der Waals surface area contributed by atoms with Gasteiger partial charge in [0.2, 0.25) is 17.7 Å². The SMILES string of the molecule is CC(=O)Nc1ccc(F)c(NC(=O)CC[C@H]2Cc3ccccc3NC2=O)c1. The van der Waals surface area contributed by atoms with E-state index in [1.807, 2.05) is 24.3 Å². The minimum Gasteiger partial charge on any atom is -0.326 e. The van der Waals surface area contributed by atoms with Crippen LogP contribution in [0.15, 0.2) is 42.5 Å². The molecule has 2 aromatic carbocycles. The molecule has 1 aliphatic heterocycles. The molecule has 0 saturated carbocycles. The lowest BCUT2D eigenvalue weighted by Gasteiger charge is -2.24. The lowest BCUT2D eigenvalue weighted by Crippen LogP contribution is -2.30. The van der Waals surface area contributed by atoms with Gasteiger partial charge in [-0.1, -0.05) is 18.2 Å². The molecule has 3 N–H and O–H groups in total. The van der Waals surface area contributed by atoms with Crippen molar-refractivity contribution in [3.63, 3.8) is 0 Å². The topological polar surface area (TPSA) is 87.3 Å². The fraction of sp³-hybridized carbons (Fsp3) is 0.250. The quantitative estimate of drug-likeness (QED) is 0.756. The zero-order valence-electron chi connectivity index (χ0n) is 14.8. The van der Waals surface area contributed by atoms with Crippen LogP contribution in [-0.2, 0) is 20.8 Å². The molecule has 0 fully saturated rings. The van der Waals surface area contributed by atoms with Gasteiger partial charge < -0.3 is 16.0 Å². The van der Waals surface area contributed by atoms with Crippen LogP contribution in [0.3, 0.4) is 0 Å². The molecule has 0 spiro atoms. The Morgan fingerprint density at radius 2 is 1.96 bits per heavy atom. The molecule has 27 heavy (non-hydrogen) atoms. The molecular weight excluding hydrogens is 349 g/mol. The number of carbonyl (C=O) groups excluding carboxylic acids is 3. The van der Waals surface area contributed by atoms with Crippen molar-refractivity contribution in [3.05, 3.63) is 53.8 Å². The normalized spacial score (nSPS) is 15.5. The van der Waals surface area contributed by atoms with E-state index >= 15 is 0 Å². The molecule has 1 heterocycles. The van der Waals surface area contributed by atoms with Gasteiger partial charge in [-0.2, -0.15) is 0 Å². The Labute approximate surface area is 156 Å². The fourth-order valence-corrected chi connectivity index (χ4v) is 3.07. The molecule has 2 aromatic rings. The Morgan fingerprint density at radius 1 is 1.19 bits per heavy atom. The van der Waals surface area contributed by atoms with E-state index in [0.717, 1.165) is 11.3 Å². The first-order valence-corrected chi connectivity index (χ1v) is 8.68. The highest BCUT2D eigenvalue weighted by atomic mass is 19.1. The molecule has 140 valence electrons. The minimum atomic E-state index is -0.596. The zero-order valence-corrected chi connectivity index (χ0v) is 14.8. The number of amides is 3. The average Bonchev–Trinajstić information content (AvgIpc) is 2.62. The van der Waals surface area contributed by atoms with Gasteiger partial charge in [0, 0.05) is 30.6 Å². The first-order chi connectivity index (χ1) is 12.9. The van der Waals surface area contributed by atoms with E-state index in [2.05, 4.69) is 16.0 Å². The van der Waals surface area contributed by atoms with E-state index < -0.39 is 5.82 Å². The summed E-state index contributed by atoms with van der Waals surface area (Å²) >= 11 is 0. The van der Waals surface area contributed by atoms with Crippen molar-refractivity contribution in [1.29, 1.82) is 0 Å². The standard InChI is InChI=1S/C20H20FN3O3/c1-12(25)22-15-7-8-16(21)18(11-15)23-19(26)9-6-14-10-13-4-2-3-5-17(13)24-20(14)27/h2-5,7-8,11,14H,6,9-10H2,1H3,(H,22,25)(H,23,26)(H,24,27)/t14-/m0/s1. The number of hydrogen-bond acceptors (Lipinski definition) is 3. The molecule has 0 radical (unpaired) electrons. The summed E-state index contributed by atoms with van der Waals surface area (Å²) in [6, 6.07) is 11.5. The van der Waals surface area contributed by atoms with Crippen molar-refractivity contribution in [3.8, 4) is 0 Å². The zero-order chi connectivity index (χ0) is 19.4. The number of halogens is 1. The lowest BCUT2D eigenvalue weighted by atomic mass is 9.89. The average molecular weight is 369 g/mol. The summed E-state index contributed by atoms with van der Waals surface area (Å²) in [6.45, 7) is 1.34. The van der Waals surface area contributed by atoms with E-state index in [9.17, 15) is 18.8 Å². The smallest absolute Gasteiger partial charge is 0.227 e. The number of rotatable bonds is 5. The van der Waals surface area contributed by atoms with Crippen LogP contribution in [0.25, 0.3) is 0 Å². The van der Waals surface area contributed by atoms with Crippen molar-refractivity contribution < 1.29 is 18.8 Å². The highest BCUT2D eigenvalue weighted by Gasteiger charge is 2.26. The lowest BCUT2D eigenvalue weighted by molar-refractivity contribution is -0.121. The van der Waals surface area contributed by atoms with Crippen LogP contribution in [0.2, 0.25) is 0 Å². The Hall–Kier alpha value is -3.22. The predicted molar refractivity (Wildman–Crippen MR) is 101 cm³/mol. The minimum absolute atomic E-state index is 0.00955. The fourth-order valence-electron chi connectivity index (χ4n) is 3.07. The molecular formula is C20H20FN3O3. The van der Waals surface area contributed by atoms with Gasteiger partial charge in [-0.25, -0.2) is 4.39 Å². The third kappa shape index (κ3) is 4.69. The van der Waals surface area contributed by atoms with Crippen LogP contribution >= 0.6 is 0 Å². The van der Waals surface area contributed by atoms with E-state index in [-0.39, 0.29) is 35.7 Å². The molecule has 0 unspecified atom stereocenters. The van der Waals surface area contributed by atoms with Gasteiger partial charge in [0.1, 0.15) is 5.82 Å². The Morgan fingerprint density at radius 3 is 2.74 bits per heavy atom. The van der Waals surface area contributed by atoms with E-state index in [0.29, 0.717) is 18.5 Å². The van der Waals surface area contributed by atoms with Gasteiger partial charge in [-0.15, -0.1) is 0 Å². The molecule has 6 nitrogen and oxygen atoms in total. The van der Waals surface area contributed by atoms with Crippen LogP contribution in [-0.4, -0.2) is 17.7 Å². The van der Waals surface area contributed by atoms with E-state index in [1.54, 1.807) is 0 Å². The first-order valence-electron chi connectivity index (χ1n) is 8.68. The van der Waals surface area contributed by atoms with Gasteiger partial charge >= 0.3 is 0 Å². The number of fused-ring (bicyclic) bond motifs is 1. The second kappa shape index (κ2) is 7.99. The Balaban J connectivity index is 1.59. The highest BCUT2D eigenvalue weighted by molar-refractivity contribution is 5.97. The Kier molecular flexibility index (Phi) is 5.49. The largest absolute Gasteiger partial charge is 0.326 e. The number of anilines is 3. The summed E-state index contributed by atoms with van der Waals surface area (Å²) < 4.78 is 13.9. The summed E-state index contributed by atoms with van der Waals surface area (Å²) in [5.41, 5.74) is 2.23. The first kappa shape index (κ1) is 18.6. The van der Waals surface area contributed by atoms with Crippen LogP contribution in [0.5, 0.6) is 0 Å². The second-order valence-corrected chi connectivity index (χ2v) is 6.51. The van der Waals surface area contributed by atoms with Crippen LogP contribution in [0.1, 0.15) is 25.3 Å². The van der Waals surface area contributed by atoms with Crippen molar-refractivity contribution >= 4 is 34.8 Å². The molecule has 1 atom stereocenters. The maximum Gasteiger partial charge on any atom is 0.227 e. The van der Waals surface area contributed by atoms with Gasteiger partial charge in [-0.05, 0) is 42.7 Å².